The van der Waals surface area contributed by atoms with E-state index in [9.17, 15) is 8.78 Å². The molecule has 0 spiro atoms. The van der Waals surface area contributed by atoms with Crippen LogP contribution in [-0.2, 0) is 6.54 Å². The second-order valence-corrected chi connectivity index (χ2v) is 4.28. The number of hydrogen-bond acceptors (Lipinski definition) is 2. The molecule has 3 nitrogen and oxygen atoms in total. The van der Waals surface area contributed by atoms with E-state index in [1.54, 1.807) is 0 Å². The van der Waals surface area contributed by atoms with Crippen LogP contribution in [-0.4, -0.2) is 9.55 Å². The summed E-state index contributed by atoms with van der Waals surface area (Å²) in [6.45, 7) is -0.161. The van der Waals surface area contributed by atoms with Crippen molar-refractivity contribution < 1.29 is 8.78 Å². The van der Waals surface area contributed by atoms with Crippen molar-refractivity contribution in [3.8, 4) is 0 Å². The molecule has 0 aliphatic heterocycles. The highest BCUT2D eigenvalue weighted by molar-refractivity contribution is 5.18. The Bertz CT molecular complexity index is 496. The zero-order chi connectivity index (χ0) is 13.7. The molecule has 1 N–H and O–H groups in total. The first-order valence-corrected chi connectivity index (χ1v) is 6.30. The van der Waals surface area contributed by atoms with Crippen molar-refractivity contribution in [2.24, 2.45) is 0 Å². The summed E-state index contributed by atoms with van der Waals surface area (Å²) in [5, 5.41) is 3.27. The fraction of sp³-hybridized carbons (Fsp3) is 0.357. The fourth-order valence-electron chi connectivity index (χ4n) is 2.06. The maximum Gasteiger partial charge on any atom is 0.319 e. The number of hydrogen-bond donors (Lipinski definition) is 1. The highest BCUT2D eigenvalue weighted by Gasteiger charge is 2.13. The van der Waals surface area contributed by atoms with Gasteiger partial charge >= 0.3 is 6.55 Å². The average molecular weight is 265 g/mol. The topological polar surface area (TPSA) is 29.9 Å². The first kappa shape index (κ1) is 13.7. The first-order valence-electron chi connectivity index (χ1n) is 6.30. The van der Waals surface area contributed by atoms with E-state index in [0.29, 0.717) is 12.4 Å². The molecule has 0 bridgehead atoms. The summed E-state index contributed by atoms with van der Waals surface area (Å²) in [4.78, 5) is 3.96. The van der Waals surface area contributed by atoms with Crippen LogP contribution >= 0.6 is 0 Å². The first-order chi connectivity index (χ1) is 9.22. The Balaban J connectivity index is 2.02. The summed E-state index contributed by atoms with van der Waals surface area (Å²) in [5.41, 5.74) is 1.15. The lowest BCUT2D eigenvalue weighted by atomic mass is 10.0. The second kappa shape index (κ2) is 6.43. The van der Waals surface area contributed by atoms with E-state index in [4.69, 9.17) is 0 Å². The van der Waals surface area contributed by atoms with Crippen LogP contribution in [0.5, 0.6) is 0 Å². The molecule has 0 aliphatic carbocycles. The molecule has 1 aromatic carbocycles. The van der Waals surface area contributed by atoms with Crippen molar-refractivity contribution in [1.82, 2.24) is 14.9 Å². The molecule has 0 fully saturated rings. The van der Waals surface area contributed by atoms with Gasteiger partial charge in [-0.1, -0.05) is 37.3 Å². The fourth-order valence-corrected chi connectivity index (χ4v) is 2.06. The van der Waals surface area contributed by atoms with E-state index in [0.717, 1.165) is 16.6 Å². The molecule has 0 saturated heterocycles. The quantitative estimate of drug-likeness (QED) is 0.866. The number of benzene rings is 1. The smallest absolute Gasteiger partial charge is 0.303 e. The minimum atomic E-state index is -2.55. The number of nitrogens with zero attached hydrogens (tertiary/aromatic N) is 2. The van der Waals surface area contributed by atoms with Gasteiger partial charge in [0.25, 0.3) is 0 Å². The van der Waals surface area contributed by atoms with Gasteiger partial charge in [0.15, 0.2) is 0 Å². The lowest BCUT2D eigenvalue weighted by Crippen LogP contribution is -2.22. The van der Waals surface area contributed by atoms with Crippen LogP contribution in [0.2, 0.25) is 0 Å². The standard InChI is InChI=1S/C14H17F2N3/c1-2-12(11-6-4-3-5-7-11)18-10-13-17-8-9-19(13)14(15)16/h3-9,12,14,18H,2,10H2,1H3. The SMILES string of the molecule is CCC(NCc1nccn1C(F)F)c1ccccc1. The summed E-state index contributed by atoms with van der Waals surface area (Å²) < 4.78 is 26.3. The van der Waals surface area contributed by atoms with E-state index in [-0.39, 0.29) is 6.04 Å². The lowest BCUT2D eigenvalue weighted by Gasteiger charge is -2.17. The Morgan fingerprint density at radius 1 is 1.26 bits per heavy atom. The van der Waals surface area contributed by atoms with Crippen LogP contribution < -0.4 is 5.32 Å². The number of aromatic nitrogens is 2. The monoisotopic (exact) mass is 265 g/mol. The van der Waals surface area contributed by atoms with Crippen LogP contribution in [0.15, 0.2) is 42.7 Å². The van der Waals surface area contributed by atoms with Gasteiger partial charge in [-0.3, -0.25) is 4.57 Å². The van der Waals surface area contributed by atoms with Crippen LogP contribution in [0, 0.1) is 0 Å². The van der Waals surface area contributed by atoms with Gasteiger partial charge in [-0.15, -0.1) is 0 Å². The molecule has 1 aromatic heterocycles. The number of alkyl halides is 2. The largest absolute Gasteiger partial charge is 0.319 e. The minimum Gasteiger partial charge on any atom is -0.303 e. The molecule has 1 atom stereocenters. The number of halogens is 2. The summed E-state index contributed by atoms with van der Waals surface area (Å²) in [6, 6.07) is 10.1. The zero-order valence-electron chi connectivity index (χ0n) is 10.8. The Kier molecular flexibility index (Phi) is 4.63. The summed E-state index contributed by atoms with van der Waals surface area (Å²) >= 11 is 0. The Hall–Kier alpha value is -1.75. The van der Waals surface area contributed by atoms with Crippen molar-refractivity contribution in [3.05, 3.63) is 54.1 Å². The molecule has 1 unspecified atom stereocenters. The van der Waals surface area contributed by atoms with E-state index in [2.05, 4.69) is 17.2 Å². The van der Waals surface area contributed by atoms with Crippen molar-refractivity contribution >= 4 is 0 Å². The van der Waals surface area contributed by atoms with Crippen molar-refractivity contribution in [1.29, 1.82) is 0 Å². The van der Waals surface area contributed by atoms with Crippen LogP contribution in [0.1, 0.15) is 37.3 Å². The van der Waals surface area contributed by atoms with Gasteiger partial charge in [-0.25, -0.2) is 4.98 Å². The normalized spacial score (nSPS) is 12.8. The maximum absolute atomic E-state index is 12.7. The van der Waals surface area contributed by atoms with Gasteiger partial charge in [0.05, 0.1) is 6.54 Å². The number of imidazole rings is 1. The molecule has 2 rings (SSSR count). The van der Waals surface area contributed by atoms with Crippen LogP contribution in [0.3, 0.4) is 0 Å². The number of nitrogens with one attached hydrogen (secondary N) is 1. The molecule has 19 heavy (non-hydrogen) atoms. The predicted octanol–water partition coefficient (Wildman–Crippen LogP) is 3.52. The average Bonchev–Trinajstić information content (AvgIpc) is 2.89. The Labute approximate surface area is 111 Å². The highest BCUT2D eigenvalue weighted by Crippen LogP contribution is 2.17. The summed E-state index contributed by atoms with van der Waals surface area (Å²) in [7, 11) is 0. The van der Waals surface area contributed by atoms with Gasteiger partial charge in [-0.05, 0) is 12.0 Å². The van der Waals surface area contributed by atoms with Crippen molar-refractivity contribution in [3.63, 3.8) is 0 Å². The summed E-state index contributed by atoms with van der Waals surface area (Å²) in [6.07, 6.45) is 3.58. The molecule has 0 amide bonds. The molecule has 0 aliphatic rings. The molecule has 2 aromatic rings. The summed E-state index contributed by atoms with van der Waals surface area (Å²) in [5.74, 6) is 0.351. The molecule has 5 heteroatoms. The Morgan fingerprint density at radius 2 is 2.00 bits per heavy atom. The van der Waals surface area contributed by atoms with Crippen LogP contribution in [0.4, 0.5) is 8.78 Å². The van der Waals surface area contributed by atoms with Crippen molar-refractivity contribution in [2.45, 2.75) is 32.5 Å². The Morgan fingerprint density at radius 3 is 2.63 bits per heavy atom. The predicted molar refractivity (Wildman–Crippen MR) is 69.8 cm³/mol. The van der Waals surface area contributed by atoms with Gasteiger partial charge < -0.3 is 5.32 Å². The molecular weight excluding hydrogens is 248 g/mol. The molecule has 0 saturated carbocycles. The molecule has 0 radical (unpaired) electrons. The molecular formula is C14H17F2N3. The third-order valence-corrected chi connectivity index (χ3v) is 3.08. The molecule has 102 valence electrons. The number of rotatable bonds is 6. The van der Waals surface area contributed by atoms with E-state index >= 15 is 0 Å². The lowest BCUT2D eigenvalue weighted by molar-refractivity contribution is 0.0664. The van der Waals surface area contributed by atoms with Gasteiger partial charge in [-0.2, -0.15) is 8.78 Å². The van der Waals surface area contributed by atoms with Gasteiger partial charge in [0.2, 0.25) is 0 Å². The highest BCUT2D eigenvalue weighted by atomic mass is 19.3. The van der Waals surface area contributed by atoms with E-state index in [1.807, 2.05) is 30.3 Å². The van der Waals surface area contributed by atoms with Gasteiger partial charge in [0, 0.05) is 18.4 Å². The van der Waals surface area contributed by atoms with E-state index < -0.39 is 6.55 Å². The third kappa shape index (κ3) is 3.38. The van der Waals surface area contributed by atoms with Gasteiger partial charge in [0.1, 0.15) is 5.82 Å². The second-order valence-electron chi connectivity index (χ2n) is 4.28. The third-order valence-electron chi connectivity index (χ3n) is 3.08. The molecule has 1 heterocycles. The van der Waals surface area contributed by atoms with Crippen molar-refractivity contribution in [2.75, 3.05) is 0 Å². The minimum absolute atomic E-state index is 0.143. The van der Waals surface area contributed by atoms with Crippen LogP contribution in [0.25, 0.3) is 0 Å². The maximum atomic E-state index is 12.7. The zero-order valence-corrected chi connectivity index (χ0v) is 10.8. The van der Waals surface area contributed by atoms with E-state index in [1.165, 1.54) is 12.4 Å².